The molecule has 0 saturated carbocycles. The maximum absolute atomic E-state index is 12.3. The molecule has 2 N–H and O–H groups in total. The van der Waals surface area contributed by atoms with Gasteiger partial charge in [0, 0.05) is 12.6 Å². The van der Waals surface area contributed by atoms with E-state index in [4.69, 9.17) is 4.74 Å². The lowest BCUT2D eigenvalue weighted by molar-refractivity contribution is -0.129. The Kier molecular flexibility index (Phi) is 7.54. The first-order valence-corrected chi connectivity index (χ1v) is 7.43. The molecule has 1 saturated heterocycles. The van der Waals surface area contributed by atoms with Crippen molar-refractivity contribution < 1.29 is 9.53 Å². The molecule has 1 fully saturated rings. The summed E-state index contributed by atoms with van der Waals surface area (Å²) in [4.78, 5) is 12.3. The van der Waals surface area contributed by atoms with E-state index >= 15 is 0 Å². The molecule has 1 heterocycles. The van der Waals surface area contributed by atoms with Crippen LogP contribution in [0.25, 0.3) is 0 Å². The number of amides is 1. The molecule has 2 unspecified atom stereocenters. The summed E-state index contributed by atoms with van der Waals surface area (Å²) in [7, 11) is 0. The van der Waals surface area contributed by atoms with E-state index in [1.54, 1.807) is 0 Å². The number of hydrogen-bond acceptors (Lipinski definition) is 3. The van der Waals surface area contributed by atoms with Gasteiger partial charge in [-0.15, -0.1) is 12.4 Å². The van der Waals surface area contributed by atoms with Crippen LogP contribution in [0.5, 0.6) is 5.75 Å². The van der Waals surface area contributed by atoms with E-state index in [1.807, 2.05) is 38.1 Å². The molecule has 0 bridgehead atoms. The summed E-state index contributed by atoms with van der Waals surface area (Å²) in [5, 5.41) is 6.38. The van der Waals surface area contributed by atoms with Gasteiger partial charge >= 0.3 is 0 Å². The fourth-order valence-electron chi connectivity index (χ4n) is 2.44. The van der Waals surface area contributed by atoms with Crippen molar-refractivity contribution in [1.82, 2.24) is 10.6 Å². The van der Waals surface area contributed by atoms with Crippen molar-refractivity contribution in [3.63, 3.8) is 0 Å². The zero-order chi connectivity index (χ0) is 14.4. The van der Waals surface area contributed by atoms with E-state index in [0.29, 0.717) is 6.42 Å². The first kappa shape index (κ1) is 17.8. The first-order valence-electron chi connectivity index (χ1n) is 7.43. The molecule has 2 atom stereocenters. The van der Waals surface area contributed by atoms with Gasteiger partial charge in [0.1, 0.15) is 5.75 Å². The van der Waals surface area contributed by atoms with Gasteiger partial charge in [0.25, 0.3) is 5.91 Å². The van der Waals surface area contributed by atoms with Crippen LogP contribution in [0.2, 0.25) is 0 Å². The summed E-state index contributed by atoms with van der Waals surface area (Å²) < 4.78 is 5.82. The third-order valence-electron chi connectivity index (χ3n) is 3.57. The van der Waals surface area contributed by atoms with Gasteiger partial charge in [0.15, 0.2) is 6.10 Å². The Labute approximate surface area is 133 Å². The van der Waals surface area contributed by atoms with Crippen molar-refractivity contribution in [2.45, 2.75) is 45.3 Å². The molecule has 1 amide bonds. The van der Waals surface area contributed by atoms with E-state index < -0.39 is 6.10 Å². The van der Waals surface area contributed by atoms with Crippen molar-refractivity contribution >= 4 is 18.3 Å². The van der Waals surface area contributed by atoms with Crippen LogP contribution in [0.1, 0.15) is 31.7 Å². The van der Waals surface area contributed by atoms with Crippen LogP contribution < -0.4 is 15.4 Å². The molecular weight excluding hydrogens is 288 g/mol. The molecule has 0 aliphatic carbocycles. The number of nitrogens with one attached hydrogen (secondary N) is 2. The molecular formula is C16H25ClN2O2. The van der Waals surface area contributed by atoms with Gasteiger partial charge in [0.2, 0.25) is 0 Å². The minimum absolute atomic E-state index is 0. The number of ether oxygens (including phenoxy) is 1. The number of rotatable bonds is 5. The third-order valence-corrected chi connectivity index (χ3v) is 3.57. The van der Waals surface area contributed by atoms with Crippen LogP contribution in [0.4, 0.5) is 0 Å². The third kappa shape index (κ3) is 5.56. The predicted octanol–water partition coefficient (Wildman–Crippen LogP) is 2.44. The second-order valence-electron chi connectivity index (χ2n) is 5.38. The maximum atomic E-state index is 12.3. The highest BCUT2D eigenvalue weighted by Gasteiger charge is 2.22. The normalized spacial score (nSPS) is 19.2. The molecule has 1 aliphatic rings. The Balaban J connectivity index is 0.00000220. The van der Waals surface area contributed by atoms with E-state index in [-0.39, 0.29) is 24.4 Å². The summed E-state index contributed by atoms with van der Waals surface area (Å²) in [6.07, 6.45) is 2.40. The minimum atomic E-state index is -0.418. The van der Waals surface area contributed by atoms with E-state index in [2.05, 4.69) is 10.6 Å². The Morgan fingerprint density at radius 2 is 2.33 bits per heavy atom. The van der Waals surface area contributed by atoms with Gasteiger partial charge < -0.3 is 15.4 Å². The largest absolute Gasteiger partial charge is 0.481 e. The molecule has 0 spiro atoms. The summed E-state index contributed by atoms with van der Waals surface area (Å²) >= 11 is 0. The van der Waals surface area contributed by atoms with Crippen LogP contribution in [0.3, 0.4) is 0 Å². The molecule has 21 heavy (non-hydrogen) atoms. The van der Waals surface area contributed by atoms with Crippen molar-refractivity contribution in [3.8, 4) is 5.75 Å². The lowest BCUT2D eigenvalue weighted by atomic mass is 10.1. The Morgan fingerprint density at radius 3 is 2.95 bits per heavy atom. The molecule has 0 radical (unpaired) electrons. The Bertz CT molecular complexity index is 448. The summed E-state index contributed by atoms with van der Waals surface area (Å²) in [5.41, 5.74) is 1.13. The molecule has 0 aromatic heterocycles. The van der Waals surface area contributed by atoms with Crippen LogP contribution >= 0.6 is 12.4 Å². The highest BCUT2D eigenvalue weighted by Crippen LogP contribution is 2.15. The SMILES string of the molecule is CCC(Oc1cccc(C)c1)C(=O)NC1CCCNC1.Cl. The molecule has 2 rings (SSSR count). The monoisotopic (exact) mass is 312 g/mol. The predicted molar refractivity (Wildman–Crippen MR) is 87.2 cm³/mol. The number of benzene rings is 1. The highest BCUT2D eigenvalue weighted by molar-refractivity contribution is 5.85. The first-order chi connectivity index (χ1) is 9.69. The number of hydrogen-bond donors (Lipinski definition) is 2. The Hall–Kier alpha value is -1.26. The maximum Gasteiger partial charge on any atom is 0.261 e. The van der Waals surface area contributed by atoms with Crippen LogP contribution in [-0.2, 0) is 4.79 Å². The standard InChI is InChI=1S/C16H24N2O2.ClH/c1-3-15(20-14-8-4-6-12(2)10-14)16(19)18-13-7-5-9-17-11-13;/h4,6,8,10,13,15,17H,3,5,7,9,11H2,1-2H3,(H,18,19);1H. The number of piperidine rings is 1. The number of halogens is 1. The van der Waals surface area contributed by atoms with Gasteiger partial charge in [-0.1, -0.05) is 19.1 Å². The van der Waals surface area contributed by atoms with Crippen molar-refractivity contribution in [2.75, 3.05) is 13.1 Å². The number of carbonyl (C=O) groups excluding carboxylic acids is 1. The quantitative estimate of drug-likeness (QED) is 0.878. The van der Waals surface area contributed by atoms with Gasteiger partial charge in [-0.05, 0) is 50.4 Å². The van der Waals surface area contributed by atoms with Gasteiger partial charge in [-0.25, -0.2) is 0 Å². The number of carbonyl (C=O) groups is 1. The van der Waals surface area contributed by atoms with Crippen molar-refractivity contribution in [2.24, 2.45) is 0 Å². The van der Waals surface area contributed by atoms with E-state index in [1.165, 1.54) is 0 Å². The van der Waals surface area contributed by atoms with Crippen LogP contribution in [0.15, 0.2) is 24.3 Å². The van der Waals surface area contributed by atoms with Crippen LogP contribution in [-0.4, -0.2) is 31.1 Å². The zero-order valence-corrected chi connectivity index (χ0v) is 13.5. The highest BCUT2D eigenvalue weighted by atomic mass is 35.5. The molecule has 4 nitrogen and oxygen atoms in total. The van der Waals surface area contributed by atoms with E-state index in [0.717, 1.165) is 37.2 Å². The molecule has 1 aromatic rings. The average molecular weight is 313 g/mol. The Morgan fingerprint density at radius 1 is 1.52 bits per heavy atom. The van der Waals surface area contributed by atoms with Gasteiger partial charge in [-0.2, -0.15) is 0 Å². The molecule has 5 heteroatoms. The van der Waals surface area contributed by atoms with Crippen LogP contribution in [0, 0.1) is 6.92 Å². The summed E-state index contributed by atoms with van der Waals surface area (Å²) in [6.45, 7) is 5.89. The summed E-state index contributed by atoms with van der Waals surface area (Å²) in [5.74, 6) is 0.747. The minimum Gasteiger partial charge on any atom is -0.481 e. The number of aryl methyl sites for hydroxylation is 1. The fraction of sp³-hybridized carbons (Fsp3) is 0.562. The lowest BCUT2D eigenvalue weighted by Crippen LogP contribution is -2.49. The fourth-order valence-corrected chi connectivity index (χ4v) is 2.44. The van der Waals surface area contributed by atoms with Gasteiger partial charge in [-0.3, -0.25) is 4.79 Å². The average Bonchev–Trinajstić information content (AvgIpc) is 2.46. The summed E-state index contributed by atoms with van der Waals surface area (Å²) in [6, 6.07) is 8.04. The lowest BCUT2D eigenvalue weighted by Gasteiger charge is -2.26. The smallest absolute Gasteiger partial charge is 0.261 e. The van der Waals surface area contributed by atoms with Crippen molar-refractivity contribution in [3.05, 3.63) is 29.8 Å². The molecule has 1 aliphatic heterocycles. The van der Waals surface area contributed by atoms with Crippen molar-refractivity contribution in [1.29, 1.82) is 0 Å². The van der Waals surface area contributed by atoms with Gasteiger partial charge in [0.05, 0.1) is 0 Å². The second kappa shape index (κ2) is 8.90. The zero-order valence-electron chi connectivity index (χ0n) is 12.7. The molecule has 118 valence electrons. The topological polar surface area (TPSA) is 50.4 Å². The van der Waals surface area contributed by atoms with E-state index in [9.17, 15) is 4.79 Å². The molecule has 1 aromatic carbocycles. The second-order valence-corrected chi connectivity index (χ2v) is 5.38.